The Morgan fingerprint density at radius 3 is 2.31 bits per heavy atom. The number of nitrogens with one attached hydrogen (secondary N) is 1. The van der Waals surface area contributed by atoms with Crippen molar-refractivity contribution in [2.75, 3.05) is 13.1 Å². The number of aliphatic carboxylic acids is 1. The molecule has 1 aliphatic heterocycles. The molecule has 1 amide bonds. The lowest BCUT2D eigenvalue weighted by atomic mass is 10.1. The molecule has 1 heterocycles. The van der Waals surface area contributed by atoms with Crippen LogP contribution in [0.4, 0.5) is 13.2 Å². The van der Waals surface area contributed by atoms with E-state index in [0.717, 1.165) is 0 Å². The van der Waals surface area contributed by atoms with Gasteiger partial charge in [0.15, 0.2) is 0 Å². The van der Waals surface area contributed by atoms with Crippen LogP contribution in [0.15, 0.2) is 0 Å². The Morgan fingerprint density at radius 2 is 1.94 bits per heavy atom. The summed E-state index contributed by atoms with van der Waals surface area (Å²) in [5, 5.41) is 10.4. The molecule has 0 aromatic rings. The summed E-state index contributed by atoms with van der Waals surface area (Å²) >= 11 is 0. The van der Waals surface area contributed by atoms with Crippen LogP contribution < -0.4 is 5.32 Å². The zero-order valence-electron chi connectivity index (χ0n) is 8.41. The normalized spacial score (nSPS) is 20.0. The molecule has 1 atom stereocenters. The Balaban J connectivity index is 2.32. The zero-order chi connectivity index (χ0) is 12.5. The minimum Gasteiger partial charge on any atom is -0.480 e. The molecule has 1 aliphatic rings. The first-order valence-corrected chi connectivity index (χ1v) is 4.56. The standard InChI is InChI=1S/C8H11F3N2O3/c1-4(6(14)15)13-2-5(3-13)12-7(16)8(9,10)11/h4-5H,2-3H2,1H3,(H,12,16)(H,14,15). The van der Waals surface area contributed by atoms with E-state index in [4.69, 9.17) is 5.11 Å². The van der Waals surface area contributed by atoms with E-state index in [1.165, 1.54) is 11.8 Å². The monoisotopic (exact) mass is 240 g/mol. The number of carbonyl (C=O) groups excluding carboxylic acids is 1. The maximum atomic E-state index is 11.8. The summed E-state index contributed by atoms with van der Waals surface area (Å²) in [5.41, 5.74) is 0. The number of hydrogen-bond acceptors (Lipinski definition) is 3. The molecule has 0 spiro atoms. The number of carboxylic acid groups (broad SMARTS) is 1. The minimum atomic E-state index is -4.89. The van der Waals surface area contributed by atoms with Crippen LogP contribution in [-0.2, 0) is 9.59 Å². The Kier molecular flexibility index (Phi) is 3.41. The molecule has 0 aromatic heterocycles. The fourth-order valence-electron chi connectivity index (χ4n) is 1.34. The predicted octanol–water partition coefficient (Wildman–Crippen LogP) is -0.178. The summed E-state index contributed by atoms with van der Waals surface area (Å²) in [5.74, 6) is -3.03. The molecule has 1 unspecified atom stereocenters. The summed E-state index contributed by atoms with van der Waals surface area (Å²) < 4.78 is 35.5. The number of likely N-dealkylation sites (tertiary alicyclic amines) is 1. The molecule has 1 saturated heterocycles. The molecule has 5 nitrogen and oxygen atoms in total. The lowest BCUT2D eigenvalue weighted by Crippen LogP contribution is -2.64. The van der Waals surface area contributed by atoms with Crippen LogP contribution in [0, 0.1) is 0 Å². The second-order valence-electron chi connectivity index (χ2n) is 3.64. The van der Waals surface area contributed by atoms with E-state index in [2.05, 4.69) is 0 Å². The number of carboxylic acids is 1. The van der Waals surface area contributed by atoms with Gasteiger partial charge in [0.05, 0.1) is 6.04 Å². The van der Waals surface area contributed by atoms with Crippen molar-refractivity contribution in [3.63, 3.8) is 0 Å². The van der Waals surface area contributed by atoms with Crippen molar-refractivity contribution in [2.45, 2.75) is 25.2 Å². The highest BCUT2D eigenvalue weighted by Crippen LogP contribution is 2.17. The van der Waals surface area contributed by atoms with E-state index in [1.54, 1.807) is 5.32 Å². The van der Waals surface area contributed by atoms with E-state index in [-0.39, 0.29) is 13.1 Å². The molecule has 8 heteroatoms. The van der Waals surface area contributed by atoms with Gasteiger partial charge in [-0.3, -0.25) is 14.5 Å². The van der Waals surface area contributed by atoms with Gasteiger partial charge in [0.25, 0.3) is 0 Å². The van der Waals surface area contributed by atoms with Gasteiger partial charge < -0.3 is 10.4 Å². The quantitative estimate of drug-likeness (QED) is 0.718. The molecule has 1 rings (SSSR count). The zero-order valence-corrected chi connectivity index (χ0v) is 8.41. The average molecular weight is 240 g/mol. The fraction of sp³-hybridized carbons (Fsp3) is 0.750. The smallest absolute Gasteiger partial charge is 0.471 e. The number of hydrogen-bond donors (Lipinski definition) is 2. The minimum absolute atomic E-state index is 0.120. The topological polar surface area (TPSA) is 69.6 Å². The van der Waals surface area contributed by atoms with Crippen LogP contribution in [0.5, 0.6) is 0 Å². The number of nitrogens with zero attached hydrogens (tertiary/aromatic N) is 1. The summed E-state index contributed by atoms with van der Waals surface area (Å²) in [6.07, 6.45) is -4.89. The molecule has 0 radical (unpaired) electrons. The van der Waals surface area contributed by atoms with Crippen molar-refractivity contribution in [1.29, 1.82) is 0 Å². The second kappa shape index (κ2) is 4.28. The van der Waals surface area contributed by atoms with Crippen molar-refractivity contribution in [1.82, 2.24) is 10.2 Å². The van der Waals surface area contributed by atoms with Gasteiger partial charge in [0, 0.05) is 13.1 Å². The molecule has 92 valence electrons. The number of carbonyl (C=O) groups is 2. The highest BCUT2D eigenvalue weighted by Gasteiger charge is 2.42. The highest BCUT2D eigenvalue weighted by molar-refractivity contribution is 5.82. The van der Waals surface area contributed by atoms with Crippen LogP contribution in [0.1, 0.15) is 6.92 Å². The Bertz CT molecular complexity index is 299. The first-order valence-electron chi connectivity index (χ1n) is 4.56. The SMILES string of the molecule is CC(C(=O)O)N1CC(NC(=O)C(F)(F)F)C1. The first kappa shape index (κ1) is 12.8. The van der Waals surface area contributed by atoms with E-state index < -0.39 is 30.1 Å². The summed E-state index contributed by atoms with van der Waals surface area (Å²) in [6.45, 7) is 1.68. The number of alkyl halides is 3. The Hall–Kier alpha value is -1.31. The van der Waals surface area contributed by atoms with E-state index in [0.29, 0.717) is 0 Å². The van der Waals surface area contributed by atoms with Crippen LogP contribution in [0.2, 0.25) is 0 Å². The largest absolute Gasteiger partial charge is 0.480 e. The number of halogens is 3. The predicted molar refractivity (Wildman–Crippen MR) is 46.7 cm³/mol. The molecule has 0 bridgehead atoms. The van der Waals surface area contributed by atoms with Crippen molar-refractivity contribution in [3.05, 3.63) is 0 Å². The van der Waals surface area contributed by atoms with Gasteiger partial charge in [-0.1, -0.05) is 0 Å². The van der Waals surface area contributed by atoms with E-state index in [9.17, 15) is 22.8 Å². The van der Waals surface area contributed by atoms with Crippen LogP contribution in [-0.4, -0.2) is 53.2 Å². The van der Waals surface area contributed by atoms with E-state index >= 15 is 0 Å². The lowest BCUT2D eigenvalue weighted by Gasteiger charge is -2.41. The maximum absolute atomic E-state index is 11.8. The van der Waals surface area contributed by atoms with Gasteiger partial charge in [-0.05, 0) is 6.92 Å². The third kappa shape index (κ3) is 2.84. The second-order valence-corrected chi connectivity index (χ2v) is 3.64. The molecule has 1 fully saturated rings. The lowest BCUT2D eigenvalue weighted by molar-refractivity contribution is -0.175. The molecule has 0 aromatic carbocycles. The third-order valence-corrected chi connectivity index (χ3v) is 2.41. The van der Waals surface area contributed by atoms with Gasteiger partial charge in [-0.2, -0.15) is 13.2 Å². The molecule has 0 saturated carbocycles. The van der Waals surface area contributed by atoms with Crippen LogP contribution >= 0.6 is 0 Å². The Morgan fingerprint density at radius 1 is 1.44 bits per heavy atom. The summed E-state index contributed by atoms with van der Waals surface area (Å²) in [6, 6.07) is -1.38. The van der Waals surface area contributed by atoms with Gasteiger partial charge in [0.1, 0.15) is 6.04 Å². The molecule has 2 N–H and O–H groups in total. The fourth-order valence-corrected chi connectivity index (χ4v) is 1.34. The van der Waals surface area contributed by atoms with E-state index in [1.807, 2.05) is 0 Å². The highest BCUT2D eigenvalue weighted by atomic mass is 19.4. The van der Waals surface area contributed by atoms with Crippen molar-refractivity contribution < 1.29 is 27.9 Å². The van der Waals surface area contributed by atoms with Gasteiger partial charge in [-0.15, -0.1) is 0 Å². The number of rotatable bonds is 3. The summed E-state index contributed by atoms with van der Waals surface area (Å²) in [7, 11) is 0. The van der Waals surface area contributed by atoms with Gasteiger partial charge in [0.2, 0.25) is 0 Å². The van der Waals surface area contributed by atoms with Crippen LogP contribution in [0.25, 0.3) is 0 Å². The van der Waals surface area contributed by atoms with Crippen molar-refractivity contribution in [3.8, 4) is 0 Å². The number of amides is 1. The Labute approximate surface area is 89.2 Å². The first-order chi connectivity index (χ1) is 7.21. The van der Waals surface area contributed by atoms with Crippen LogP contribution in [0.3, 0.4) is 0 Å². The molecular weight excluding hydrogens is 229 g/mol. The third-order valence-electron chi connectivity index (χ3n) is 2.41. The van der Waals surface area contributed by atoms with Crippen molar-refractivity contribution >= 4 is 11.9 Å². The molecular formula is C8H11F3N2O3. The molecule has 0 aliphatic carbocycles. The average Bonchev–Trinajstić information content (AvgIpc) is 2.07. The van der Waals surface area contributed by atoms with Gasteiger partial charge >= 0.3 is 18.1 Å². The van der Waals surface area contributed by atoms with Gasteiger partial charge in [-0.25, -0.2) is 0 Å². The summed E-state index contributed by atoms with van der Waals surface area (Å²) in [4.78, 5) is 22.5. The van der Waals surface area contributed by atoms with Crippen molar-refractivity contribution in [2.24, 2.45) is 0 Å². The maximum Gasteiger partial charge on any atom is 0.471 e. The molecule has 16 heavy (non-hydrogen) atoms.